The molecule has 0 radical (unpaired) electrons. The first-order valence-corrected chi connectivity index (χ1v) is 17.6. The summed E-state index contributed by atoms with van der Waals surface area (Å²) in [4.78, 5) is 0. The van der Waals surface area contributed by atoms with Crippen LogP contribution in [0.2, 0.25) is 0 Å². The van der Waals surface area contributed by atoms with E-state index in [9.17, 15) is 0 Å². The van der Waals surface area contributed by atoms with Gasteiger partial charge in [-0.05, 0) is 112 Å². The van der Waals surface area contributed by atoms with E-state index in [1.165, 1.54) is 98.0 Å². The maximum atomic E-state index is 6.59. The molecule has 0 aliphatic heterocycles. The Hall–Kier alpha value is -6.70. The van der Waals surface area contributed by atoms with Gasteiger partial charge in [0.25, 0.3) is 0 Å². The second-order valence-electron chi connectivity index (χ2n) is 13.6. The third-order valence-electron chi connectivity index (χ3n) is 10.8. The van der Waals surface area contributed by atoms with E-state index in [2.05, 4.69) is 182 Å². The van der Waals surface area contributed by atoms with Crippen molar-refractivity contribution in [1.82, 2.24) is 0 Å². The van der Waals surface area contributed by atoms with Crippen molar-refractivity contribution in [2.75, 3.05) is 0 Å². The molecule has 1 heterocycles. The molecular weight excluding hydrogens is 617 g/mol. The molecule has 0 aliphatic carbocycles. The molecule has 0 saturated heterocycles. The predicted molar refractivity (Wildman–Crippen MR) is 218 cm³/mol. The van der Waals surface area contributed by atoms with Crippen LogP contribution in [-0.2, 0) is 0 Å². The third-order valence-corrected chi connectivity index (χ3v) is 10.8. The average molecular weight is 647 g/mol. The Morgan fingerprint density at radius 1 is 0.275 bits per heavy atom. The van der Waals surface area contributed by atoms with Crippen LogP contribution in [0.4, 0.5) is 0 Å². The Morgan fingerprint density at radius 3 is 1.45 bits per heavy atom. The molecule has 0 N–H and O–H groups in total. The highest BCUT2D eigenvalue weighted by atomic mass is 16.3. The van der Waals surface area contributed by atoms with Gasteiger partial charge in [-0.2, -0.15) is 0 Å². The Bertz CT molecular complexity index is 3130. The summed E-state index contributed by atoms with van der Waals surface area (Å²) < 4.78 is 6.59. The first-order chi connectivity index (χ1) is 25.3. The summed E-state index contributed by atoms with van der Waals surface area (Å²) >= 11 is 0. The molecule has 1 nitrogen and oxygen atoms in total. The number of furan rings is 1. The van der Waals surface area contributed by atoms with Gasteiger partial charge in [-0.15, -0.1) is 0 Å². The molecule has 0 saturated carbocycles. The van der Waals surface area contributed by atoms with Crippen LogP contribution < -0.4 is 0 Å². The van der Waals surface area contributed by atoms with Crippen molar-refractivity contribution in [3.8, 4) is 33.4 Å². The van der Waals surface area contributed by atoms with Crippen LogP contribution in [0.5, 0.6) is 0 Å². The summed E-state index contributed by atoms with van der Waals surface area (Å²) in [5.41, 5.74) is 9.24. The van der Waals surface area contributed by atoms with Crippen LogP contribution >= 0.6 is 0 Å². The van der Waals surface area contributed by atoms with Crippen molar-refractivity contribution in [3.05, 3.63) is 182 Å². The Balaban J connectivity index is 1.10. The molecule has 1 heteroatoms. The second kappa shape index (κ2) is 10.9. The summed E-state index contributed by atoms with van der Waals surface area (Å²) in [7, 11) is 0. The van der Waals surface area contributed by atoms with E-state index in [-0.39, 0.29) is 0 Å². The van der Waals surface area contributed by atoms with Gasteiger partial charge in [0, 0.05) is 10.8 Å². The highest BCUT2D eigenvalue weighted by Crippen LogP contribution is 2.45. The predicted octanol–water partition coefficient (Wildman–Crippen LogP) is 14.4. The Morgan fingerprint density at radius 2 is 0.765 bits per heavy atom. The second-order valence-corrected chi connectivity index (χ2v) is 13.6. The number of hydrogen-bond donors (Lipinski definition) is 0. The fraction of sp³-hybridized carbons (Fsp3) is 0. The molecule has 0 spiro atoms. The maximum absolute atomic E-state index is 6.59. The van der Waals surface area contributed by atoms with Crippen LogP contribution in [0.1, 0.15) is 0 Å². The molecule has 0 fully saturated rings. The SMILES string of the molecule is c1ccc(-c2c3ccccc3c(-c3ccc4cc(-c5cc6oc7ccc8ccccc8c7c6c6ccccc56)ccc4c3)c3ccccc23)cc1. The fourth-order valence-corrected chi connectivity index (χ4v) is 8.56. The number of rotatable bonds is 3. The van der Waals surface area contributed by atoms with Crippen LogP contribution in [-0.4, -0.2) is 0 Å². The molecular formula is C50H30O. The van der Waals surface area contributed by atoms with Crippen LogP contribution in [0.15, 0.2) is 186 Å². The van der Waals surface area contributed by atoms with Gasteiger partial charge in [0.1, 0.15) is 11.2 Å². The van der Waals surface area contributed by atoms with Crippen molar-refractivity contribution in [2.45, 2.75) is 0 Å². The third kappa shape index (κ3) is 4.22. The highest BCUT2D eigenvalue weighted by Gasteiger charge is 2.19. The molecule has 11 aromatic rings. The maximum Gasteiger partial charge on any atom is 0.136 e. The monoisotopic (exact) mass is 646 g/mol. The van der Waals surface area contributed by atoms with Gasteiger partial charge >= 0.3 is 0 Å². The highest BCUT2D eigenvalue weighted by molar-refractivity contribution is 6.28. The van der Waals surface area contributed by atoms with Gasteiger partial charge in [0.05, 0.1) is 0 Å². The summed E-state index contributed by atoms with van der Waals surface area (Å²) in [5, 5.41) is 14.8. The van der Waals surface area contributed by atoms with Crippen LogP contribution in [0, 0.1) is 0 Å². The van der Waals surface area contributed by atoms with Crippen molar-refractivity contribution >= 4 is 75.8 Å². The molecule has 10 aromatic carbocycles. The summed E-state index contributed by atoms with van der Waals surface area (Å²) in [5.74, 6) is 0. The quantitative estimate of drug-likeness (QED) is 0.174. The van der Waals surface area contributed by atoms with E-state index in [1.807, 2.05) is 0 Å². The summed E-state index contributed by atoms with van der Waals surface area (Å²) in [6.45, 7) is 0. The minimum absolute atomic E-state index is 0.920. The van der Waals surface area contributed by atoms with Crippen LogP contribution in [0.3, 0.4) is 0 Å². The van der Waals surface area contributed by atoms with Gasteiger partial charge in [-0.25, -0.2) is 0 Å². The van der Waals surface area contributed by atoms with Crippen molar-refractivity contribution in [2.24, 2.45) is 0 Å². The number of hydrogen-bond acceptors (Lipinski definition) is 1. The molecule has 11 rings (SSSR count). The zero-order chi connectivity index (χ0) is 33.5. The molecule has 51 heavy (non-hydrogen) atoms. The topological polar surface area (TPSA) is 13.1 Å². The first-order valence-electron chi connectivity index (χ1n) is 17.6. The largest absolute Gasteiger partial charge is 0.456 e. The molecule has 0 bridgehead atoms. The molecule has 0 atom stereocenters. The molecule has 236 valence electrons. The van der Waals surface area contributed by atoms with Gasteiger partial charge in [0.2, 0.25) is 0 Å². The summed E-state index contributed by atoms with van der Waals surface area (Å²) in [6, 6.07) is 66.2. The van der Waals surface area contributed by atoms with E-state index in [0.29, 0.717) is 0 Å². The molecule has 0 unspecified atom stereocenters. The van der Waals surface area contributed by atoms with E-state index in [1.54, 1.807) is 0 Å². The van der Waals surface area contributed by atoms with E-state index >= 15 is 0 Å². The number of fused-ring (bicyclic) bond motifs is 10. The lowest BCUT2D eigenvalue weighted by molar-refractivity contribution is 0.669. The first kappa shape index (κ1) is 28.2. The Kier molecular flexibility index (Phi) is 6.02. The van der Waals surface area contributed by atoms with Gasteiger partial charge < -0.3 is 4.42 Å². The van der Waals surface area contributed by atoms with Crippen LogP contribution in [0.25, 0.3) is 109 Å². The van der Waals surface area contributed by atoms with Crippen molar-refractivity contribution in [1.29, 1.82) is 0 Å². The summed E-state index contributed by atoms with van der Waals surface area (Å²) in [6.07, 6.45) is 0. The lowest BCUT2D eigenvalue weighted by atomic mass is 9.85. The average Bonchev–Trinajstić information content (AvgIpc) is 3.59. The normalized spacial score (nSPS) is 11.9. The van der Waals surface area contributed by atoms with Gasteiger partial charge in [-0.3, -0.25) is 0 Å². The van der Waals surface area contributed by atoms with E-state index in [4.69, 9.17) is 4.42 Å². The van der Waals surface area contributed by atoms with Gasteiger partial charge in [-0.1, -0.05) is 158 Å². The molecule has 0 amide bonds. The molecule has 1 aromatic heterocycles. The Labute approximate surface area is 294 Å². The van der Waals surface area contributed by atoms with Crippen molar-refractivity contribution < 1.29 is 4.42 Å². The lowest BCUT2D eigenvalue weighted by Gasteiger charge is -2.18. The standard InChI is InChI=1S/C50H30O/c1-2-13-32(14-3-1)47-40-18-8-10-20-42(40)48(43-21-11-9-19-41(43)47)36-25-23-33-28-35(24-22-34(33)29-36)44-30-46-50(39-17-7-6-16-38(39)44)49-37-15-5-4-12-31(37)26-27-45(49)51-46/h1-30H. The lowest BCUT2D eigenvalue weighted by Crippen LogP contribution is -1.91. The zero-order valence-electron chi connectivity index (χ0n) is 27.7. The van der Waals surface area contributed by atoms with Crippen molar-refractivity contribution in [3.63, 3.8) is 0 Å². The van der Waals surface area contributed by atoms with E-state index < -0.39 is 0 Å². The van der Waals surface area contributed by atoms with Gasteiger partial charge in [0.15, 0.2) is 0 Å². The fourth-order valence-electron chi connectivity index (χ4n) is 8.56. The minimum atomic E-state index is 0.920. The number of benzene rings is 10. The zero-order valence-corrected chi connectivity index (χ0v) is 27.7. The smallest absolute Gasteiger partial charge is 0.136 e. The minimum Gasteiger partial charge on any atom is -0.456 e. The molecule has 0 aliphatic rings. The van der Waals surface area contributed by atoms with E-state index in [0.717, 1.165) is 11.2 Å².